The van der Waals surface area contributed by atoms with Crippen LogP contribution in [0.25, 0.3) is 0 Å². The third-order valence-corrected chi connectivity index (χ3v) is 7.06. The van der Waals surface area contributed by atoms with E-state index in [4.69, 9.17) is 36.2 Å². The van der Waals surface area contributed by atoms with Gasteiger partial charge >= 0.3 is 27.3 Å². The van der Waals surface area contributed by atoms with E-state index in [0.717, 1.165) is 10.8 Å². The zero-order valence-electron chi connectivity index (χ0n) is 17.7. The Labute approximate surface area is 192 Å². The Kier molecular flexibility index (Phi) is 9.88. The molecule has 1 saturated heterocycles. The van der Waals surface area contributed by atoms with Crippen LogP contribution in [0.4, 0.5) is 5.82 Å². The van der Waals surface area contributed by atoms with Crippen LogP contribution in [0, 0.1) is 0 Å². The number of phosphoric ester groups is 1. The lowest BCUT2D eigenvalue weighted by Gasteiger charge is -2.21. The number of rotatable bonds is 12. The number of unbranched alkanes of at least 4 members (excludes halogenated alkanes) is 1. The van der Waals surface area contributed by atoms with Crippen LogP contribution < -0.4 is 22.9 Å². The third kappa shape index (κ3) is 7.90. The molecule has 2 heterocycles. The van der Waals surface area contributed by atoms with E-state index in [1.807, 2.05) is 0 Å². The Balaban J connectivity index is 2.11. The summed E-state index contributed by atoms with van der Waals surface area (Å²) in [6, 6.07) is -0.0975. The van der Waals surface area contributed by atoms with E-state index in [1.54, 1.807) is 0 Å². The summed E-state index contributed by atoms with van der Waals surface area (Å²) in [5.74, 6) is -1.44. The number of phosphoric acid groups is 2. The second kappa shape index (κ2) is 11.8. The lowest BCUT2D eigenvalue weighted by Crippen LogP contribution is -2.36. The zero-order valence-corrected chi connectivity index (χ0v) is 19.4. The van der Waals surface area contributed by atoms with Crippen molar-refractivity contribution in [3.8, 4) is 0 Å². The van der Waals surface area contributed by atoms with Gasteiger partial charge in [-0.1, -0.05) is 6.42 Å². The van der Waals surface area contributed by atoms with Gasteiger partial charge in [-0.25, -0.2) is 18.7 Å². The monoisotopic (exact) mass is 531 g/mol. The minimum Gasteiger partial charge on any atom is -0.387 e. The maximum Gasteiger partial charge on any atom is 0.541 e. The maximum absolute atomic E-state index is 12.7. The number of nitrogens with zero attached hydrogens (tertiary/aromatic N) is 2. The zero-order chi connectivity index (χ0) is 25.7. The van der Waals surface area contributed by atoms with Gasteiger partial charge in [0.1, 0.15) is 30.2 Å². The summed E-state index contributed by atoms with van der Waals surface area (Å²) in [6.45, 7) is -0.612. The van der Waals surface area contributed by atoms with Gasteiger partial charge in [-0.2, -0.15) is 9.29 Å². The number of ether oxygens (including phenoxy) is 1. The fourth-order valence-corrected chi connectivity index (χ4v) is 4.98. The van der Waals surface area contributed by atoms with E-state index in [2.05, 4.69) is 13.8 Å². The standard InChI is InChI=1S/C15H27N5O12P2/c16-5-2-1-3-8(17)14(23)31-34(28,32-33(25,26)27)29-7-9-11(21)12(22)13(30-9)20-6-4-10(18)19-15(20)24/h4,6,8-9,11-13,21-22H,1-3,5,7,16-17H2,(H2,18,19,24)(H2,25,26,27)/t8-,9+,11+,12+,13+,34?/m0/s1. The van der Waals surface area contributed by atoms with Crippen molar-refractivity contribution in [3.05, 3.63) is 22.7 Å². The van der Waals surface area contributed by atoms with Crippen molar-refractivity contribution >= 4 is 27.4 Å². The molecular weight excluding hydrogens is 504 g/mol. The molecule has 17 nitrogen and oxygen atoms in total. The highest BCUT2D eigenvalue weighted by molar-refractivity contribution is 7.61. The average Bonchev–Trinajstić information content (AvgIpc) is 2.99. The molecule has 1 aliphatic heterocycles. The van der Waals surface area contributed by atoms with Crippen LogP contribution in [0.1, 0.15) is 25.5 Å². The van der Waals surface area contributed by atoms with Crippen molar-refractivity contribution in [1.29, 1.82) is 0 Å². The number of nitrogen functional groups attached to an aromatic ring is 1. The lowest BCUT2D eigenvalue weighted by atomic mass is 10.1. The van der Waals surface area contributed by atoms with Gasteiger partial charge in [0.05, 0.1) is 6.61 Å². The molecule has 194 valence electrons. The number of anilines is 1. The van der Waals surface area contributed by atoms with Crippen molar-refractivity contribution in [3.63, 3.8) is 0 Å². The molecule has 0 bridgehead atoms. The van der Waals surface area contributed by atoms with E-state index in [1.165, 1.54) is 6.07 Å². The fourth-order valence-electron chi connectivity index (χ4n) is 2.88. The predicted molar refractivity (Wildman–Crippen MR) is 112 cm³/mol. The number of aromatic nitrogens is 2. The molecule has 2 rings (SSSR count). The molecule has 34 heavy (non-hydrogen) atoms. The minimum atomic E-state index is -5.50. The Morgan fingerprint density at radius 1 is 1.26 bits per heavy atom. The van der Waals surface area contributed by atoms with Crippen molar-refractivity contribution in [2.24, 2.45) is 11.5 Å². The number of nitrogens with two attached hydrogens (primary N) is 3. The Bertz CT molecular complexity index is 1000. The number of hydrogen-bond acceptors (Lipinski definition) is 14. The Morgan fingerprint density at radius 2 is 1.94 bits per heavy atom. The number of carbonyl (C=O) groups excluding carboxylic acids is 1. The predicted octanol–water partition coefficient (Wildman–Crippen LogP) is -2.32. The second-order valence-electron chi connectivity index (χ2n) is 7.21. The third-order valence-electron chi connectivity index (χ3n) is 4.54. The Hall–Kier alpha value is -1.75. The molecule has 1 aromatic rings. The topological polar surface area (TPSA) is 282 Å². The summed E-state index contributed by atoms with van der Waals surface area (Å²) < 4.78 is 43.5. The molecule has 1 aliphatic rings. The first-order valence-corrected chi connectivity index (χ1v) is 12.8. The van der Waals surface area contributed by atoms with Gasteiger partial charge in [0.25, 0.3) is 0 Å². The fraction of sp³-hybridized carbons (Fsp3) is 0.667. The van der Waals surface area contributed by atoms with Gasteiger partial charge in [-0.05, 0) is 25.5 Å². The molecule has 0 spiro atoms. The summed E-state index contributed by atoms with van der Waals surface area (Å²) in [4.78, 5) is 45.6. The van der Waals surface area contributed by atoms with Gasteiger partial charge in [0.15, 0.2) is 6.23 Å². The molecule has 0 amide bonds. The molecule has 0 aromatic carbocycles. The quantitative estimate of drug-likeness (QED) is 0.110. The SMILES string of the molecule is NCCCC[C@H](N)C(=O)OP(=O)(OC[C@H]1O[C@@H](n2ccc(N)nc2=O)[C@H](O)[C@@H]1O)OP(=O)(O)O. The highest BCUT2D eigenvalue weighted by Crippen LogP contribution is 2.61. The summed E-state index contributed by atoms with van der Waals surface area (Å²) in [5, 5.41) is 20.4. The number of aliphatic hydroxyl groups is 2. The average molecular weight is 531 g/mol. The van der Waals surface area contributed by atoms with Crippen LogP contribution in [0.2, 0.25) is 0 Å². The van der Waals surface area contributed by atoms with Crippen LogP contribution in [0.3, 0.4) is 0 Å². The summed E-state index contributed by atoms with van der Waals surface area (Å²) in [5.41, 5.74) is 15.4. The lowest BCUT2D eigenvalue weighted by molar-refractivity contribution is -0.138. The summed E-state index contributed by atoms with van der Waals surface area (Å²) in [6.07, 6.45) is -4.25. The summed E-state index contributed by atoms with van der Waals surface area (Å²) >= 11 is 0. The van der Waals surface area contributed by atoms with Crippen molar-refractivity contribution in [2.75, 3.05) is 18.9 Å². The van der Waals surface area contributed by atoms with Gasteiger partial charge in [0, 0.05) is 6.20 Å². The molecular formula is C15H27N5O12P2. The van der Waals surface area contributed by atoms with Gasteiger partial charge in [0.2, 0.25) is 0 Å². The molecule has 6 atom stereocenters. The number of carbonyl (C=O) groups is 1. The Morgan fingerprint density at radius 3 is 2.53 bits per heavy atom. The van der Waals surface area contributed by atoms with E-state index in [0.29, 0.717) is 19.4 Å². The van der Waals surface area contributed by atoms with E-state index < -0.39 is 64.5 Å². The molecule has 19 heteroatoms. The van der Waals surface area contributed by atoms with E-state index in [9.17, 15) is 28.9 Å². The first kappa shape index (κ1) is 28.5. The van der Waals surface area contributed by atoms with Crippen molar-refractivity contribution in [2.45, 2.75) is 49.8 Å². The molecule has 0 radical (unpaired) electrons. The molecule has 0 aliphatic carbocycles. The number of hydrogen-bond donors (Lipinski definition) is 7. The normalized spacial score (nSPS) is 25.6. The molecule has 1 aromatic heterocycles. The van der Waals surface area contributed by atoms with Gasteiger partial charge in [-0.15, -0.1) is 0 Å². The van der Waals surface area contributed by atoms with Crippen LogP contribution in [-0.4, -0.2) is 73.0 Å². The van der Waals surface area contributed by atoms with Gasteiger partial charge in [-0.3, -0.25) is 9.09 Å². The van der Waals surface area contributed by atoms with Gasteiger partial charge < -0.3 is 46.5 Å². The first-order valence-electron chi connectivity index (χ1n) is 9.83. The molecule has 10 N–H and O–H groups in total. The van der Waals surface area contributed by atoms with Crippen LogP contribution in [0.5, 0.6) is 0 Å². The highest BCUT2D eigenvalue weighted by atomic mass is 31.3. The van der Waals surface area contributed by atoms with E-state index in [-0.39, 0.29) is 12.2 Å². The number of aliphatic hydroxyl groups excluding tert-OH is 2. The smallest absolute Gasteiger partial charge is 0.387 e. The van der Waals surface area contributed by atoms with Crippen molar-refractivity contribution < 1.29 is 52.0 Å². The van der Waals surface area contributed by atoms with Crippen LogP contribution in [-0.2, 0) is 32.0 Å². The first-order chi connectivity index (χ1) is 15.8. The molecule has 1 fully saturated rings. The van der Waals surface area contributed by atoms with Crippen LogP contribution >= 0.6 is 15.6 Å². The van der Waals surface area contributed by atoms with E-state index >= 15 is 0 Å². The van der Waals surface area contributed by atoms with Crippen molar-refractivity contribution in [1.82, 2.24) is 9.55 Å². The molecule has 0 saturated carbocycles. The highest BCUT2D eigenvalue weighted by Gasteiger charge is 2.47. The second-order valence-corrected chi connectivity index (χ2v) is 10.2. The minimum absolute atomic E-state index is 0.0641. The maximum atomic E-state index is 12.7. The molecule has 1 unspecified atom stereocenters. The van der Waals surface area contributed by atoms with Crippen LogP contribution in [0.15, 0.2) is 17.1 Å². The summed E-state index contributed by atoms with van der Waals surface area (Å²) in [7, 11) is -10.8. The largest absolute Gasteiger partial charge is 0.541 e.